The molecule has 7 nitrogen and oxygen atoms in total. The maximum atomic E-state index is 13.2. The Balaban J connectivity index is 2.12. The molecule has 168 valence electrons. The molecule has 3 rings (SSSR count). The summed E-state index contributed by atoms with van der Waals surface area (Å²) < 4.78 is 38.3. The monoisotopic (exact) mass is 518 g/mol. The lowest BCUT2D eigenvalue weighted by Crippen LogP contribution is -2.31. The van der Waals surface area contributed by atoms with Crippen LogP contribution in [0.25, 0.3) is 0 Å². The van der Waals surface area contributed by atoms with Gasteiger partial charge in [-0.3, -0.25) is 9.10 Å². The molecule has 0 unspecified atom stereocenters. The molecule has 3 aromatic rings. The molecule has 0 saturated heterocycles. The molecule has 1 amide bonds. The Labute approximate surface area is 196 Å². The highest BCUT2D eigenvalue weighted by Gasteiger charge is 2.26. The van der Waals surface area contributed by atoms with E-state index in [-0.39, 0.29) is 17.8 Å². The number of amides is 1. The highest BCUT2D eigenvalue weighted by Crippen LogP contribution is 2.37. The zero-order valence-corrected chi connectivity index (χ0v) is 20.2. The van der Waals surface area contributed by atoms with Crippen molar-refractivity contribution in [1.29, 1.82) is 0 Å². The van der Waals surface area contributed by atoms with E-state index in [9.17, 15) is 13.2 Å². The van der Waals surface area contributed by atoms with Gasteiger partial charge in [-0.05, 0) is 35.9 Å². The van der Waals surface area contributed by atoms with Gasteiger partial charge < -0.3 is 14.8 Å². The number of carbonyl (C=O) groups is 1. The van der Waals surface area contributed by atoms with E-state index < -0.39 is 15.9 Å². The van der Waals surface area contributed by atoms with E-state index in [2.05, 4.69) is 21.2 Å². The number of methoxy groups -OCH3 is 2. The van der Waals surface area contributed by atoms with Gasteiger partial charge in [0.1, 0.15) is 0 Å². The molecule has 0 atom stereocenters. The zero-order valence-electron chi connectivity index (χ0n) is 17.8. The van der Waals surface area contributed by atoms with Crippen molar-refractivity contribution in [3.8, 4) is 11.5 Å². The summed E-state index contributed by atoms with van der Waals surface area (Å²) in [6, 6.07) is 19.2. The number of benzene rings is 3. The fraction of sp³-hybridized carbons (Fsp3) is 0.174. The predicted octanol–water partition coefficient (Wildman–Crippen LogP) is 4.68. The van der Waals surface area contributed by atoms with Crippen LogP contribution in [0.5, 0.6) is 11.5 Å². The lowest BCUT2D eigenvalue weighted by atomic mass is 10.1. The molecule has 32 heavy (non-hydrogen) atoms. The summed E-state index contributed by atoms with van der Waals surface area (Å²) in [5.41, 5.74) is 1.65. The van der Waals surface area contributed by atoms with Crippen molar-refractivity contribution < 1.29 is 22.7 Å². The molecule has 9 heteroatoms. The SMILES string of the molecule is COc1cc(C(=O)Nc2ccc(Br)cc2)c(N(Cc2ccccc2)S(C)(=O)=O)cc1OC. The molecule has 0 aliphatic heterocycles. The van der Waals surface area contributed by atoms with E-state index >= 15 is 0 Å². The van der Waals surface area contributed by atoms with Gasteiger partial charge in [0.05, 0.1) is 38.3 Å². The molecule has 0 aromatic heterocycles. The molecule has 0 radical (unpaired) electrons. The summed E-state index contributed by atoms with van der Waals surface area (Å²) in [4.78, 5) is 13.2. The number of carbonyl (C=O) groups excluding carboxylic acids is 1. The molecular formula is C23H23BrN2O5S. The van der Waals surface area contributed by atoms with Gasteiger partial charge in [-0.1, -0.05) is 46.3 Å². The third-order valence-corrected chi connectivity index (χ3v) is 6.34. The topological polar surface area (TPSA) is 84.9 Å². The number of sulfonamides is 1. The fourth-order valence-electron chi connectivity index (χ4n) is 3.12. The molecule has 0 spiro atoms. The third-order valence-electron chi connectivity index (χ3n) is 4.69. The lowest BCUT2D eigenvalue weighted by molar-refractivity contribution is 0.102. The standard InChI is InChI=1S/C23H23BrN2O5S/c1-30-21-13-19(23(27)25-18-11-9-17(24)10-12-18)20(14-22(21)31-2)26(32(3,28)29)15-16-7-5-4-6-8-16/h4-14H,15H2,1-3H3,(H,25,27). The number of nitrogens with zero attached hydrogens (tertiary/aromatic N) is 1. The van der Waals surface area contributed by atoms with E-state index in [0.29, 0.717) is 17.2 Å². The van der Waals surface area contributed by atoms with Crippen molar-refractivity contribution >= 4 is 43.2 Å². The normalized spacial score (nSPS) is 11.0. The van der Waals surface area contributed by atoms with E-state index in [4.69, 9.17) is 9.47 Å². The van der Waals surface area contributed by atoms with Crippen molar-refractivity contribution in [3.63, 3.8) is 0 Å². The highest BCUT2D eigenvalue weighted by molar-refractivity contribution is 9.10. The van der Waals surface area contributed by atoms with Crippen LogP contribution in [0.4, 0.5) is 11.4 Å². The molecule has 0 saturated carbocycles. The first-order chi connectivity index (χ1) is 15.2. The number of ether oxygens (including phenoxy) is 2. The summed E-state index contributed by atoms with van der Waals surface area (Å²) >= 11 is 3.36. The van der Waals surface area contributed by atoms with E-state index in [1.54, 1.807) is 24.3 Å². The van der Waals surface area contributed by atoms with Crippen molar-refractivity contribution in [2.45, 2.75) is 6.54 Å². The van der Waals surface area contributed by atoms with Crippen LogP contribution in [-0.4, -0.2) is 34.8 Å². The van der Waals surface area contributed by atoms with E-state index in [1.165, 1.54) is 30.7 Å². The lowest BCUT2D eigenvalue weighted by Gasteiger charge is -2.26. The van der Waals surface area contributed by atoms with Gasteiger partial charge in [0.15, 0.2) is 11.5 Å². The fourth-order valence-corrected chi connectivity index (χ4v) is 4.27. The van der Waals surface area contributed by atoms with E-state index in [1.807, 2.05) is 30.3 Å². The number of nitrogens with one attached hydrogen (secondary N) is 1. The Kier molecular flexibility index (Phi) is 7.42. The highest BCUT2D eigenvalue weighted by atomic mass is 79.9. The second-order valence-corrected chi connectivity index (χ2v) is 9.76. The molecule has 3 aromatic carbocycles. The molecule has 1 N–H and O–H groups in total. The average Bonchev–Trinajstić information content (AvgIpc) is 2.78. The summed E-state index contributed by atoms with van der Waals surface area (Å²) in [7, 11) is -0.844. The number of hydrogen-bond acceptors (Lipinski definition) is 5. The van der Waals surface area contributed by atoms with Gasteiger partial charge in [0.25, 0.3) is 5.91 Å². The summed E-state index contributed by atoms with van der Waals surface area (Å²) in [6.45, 7) is 0.0493. The van der Waals surface area contributed by atoms with Gasteiger partial charge in [0, 0.05) is 16.2 Å². The first-order valence-electron chi connectivity index (χ1n) is 9.57. The number of halogens is 1. The van der Waals surface area contributed by atoms with Crippen LogP contribution in [0.15, 0.2) is 71.2 Å². The molecule has 0 bridgehead atoms. The molecular weight excluding hydrogens is 496 g/mol. The van der Waals surface area contributed by atoms with Gasteiger partial charge >= 0.3 is 0 Å². The van der Waals surface area contributed by atoms with Crippen molar-refractivity contribution in [2.75, 3.05) is 30.1 Å². The Bertz CT molecular complexity index is 1200. The van der Waals surface area contributed by atoms with Crippen LogP contribution in [0.3, 0.4) is 0 Å². The van der Waals surface area contributed by atoms with Crippen LogP contribution in [0.1, 0.15) is 15.9 Å². The van der Waals surface area contributed by atoms with Gasteiger partial charge in [0.2, 0.25) is 10.0 Å². The average molecular weight is 519 g/mol. The Hall–Kier alpha value is -3.04. The Morgan fingerprint density at radius 2 is 1.56 bits per heavy atom. The van der Waals surface area contributed by atoms with Crippen LogP contribution in [0.2, 0.25) is 0 Å². The number of anilines is 2. The van der Waals surface area contributed by atoms with Gasteiger partial charge in [-0.2, -0.15) is 0 Å². The van der Waals surface area contributed by atoms with Crippen LogP contribution in [0, 0.1) is 0 Å². The van der Waals surface area contributed by atoms with Crippen molar-refractivity contribution in [3.05, 3.63) is 82.3 Å². The first-order valence-corrected chi connectivity index (χ1v) is 12.2. The molecule has 0 heterocycles. The third kappa shape index (κ3) is 5.60. The Morgan fingerprint density at radius 3 is 2.12 bits per heavy atom. The maximum absolute atomic E-state index is 13.2. The van der Waals surface area contributed by atoms with Crippen LogP contribution < -0.4 is 19.1 Å². The second-order valence-electron chi connectivity index (χ2n) is 6.94. The second kappa shape index (κ2) is 10.1. The number of rotatable bonds is 8. The summed E-state index contributed by atoms with van der Waals surface area (Å²) in [5, 5.41) is 2.81. The minimum Gasteiger partial charge on any atom is -0.493 e. The van der Waals surface area contributed by atoms with Gasteiger partial charge in [-0.25, -0.2) is 8.42 Å². The quantitative estimate of drug-likeness (QED) is 0.467. The number of hydrogen-bond donors (Lipinski definition) is 1. The smallest absolute Gasteiger partial charge is 0.257 e. The minimum atomic E-state index is -3.74. The van der Waals surface area contributed by atoms with Crippen LogP contribution >= 0.6 is 15.9 Å². The summed E-state index contributed by atoms with van der Waals surface area (Å²) in [5.74, 6) is 0.139. The maximum Gasteiger partial charge on any atom is 0.257 e. The largest absolute Gasteiger partial charge is 0.493 e. The molecule has 0 aliphatic carbocycles. The molecule has 0 aliphatic rings. The zero-order chi connectivity index (χ0) is 23.3. The van der Waals surface area contributed by atoms with Crippen LogP contribution in [-0.2, 0) is 16.6 Å². The van der Waals surface area contributed by atoms with Crippen molar-refractivity contribution in [2.24, 2.45) is 0 Å². The predicted molar refractivity (Wildman–Crippen MR) is 129 cm³/mol. The van der Waals surface area contributed by atoms with Crippen molar-refractivity contribution in [1.82, 2.24) is 0 Å². The first kappa shape index (κ1) is 23.6. The summed E-state index contributed by atoms with van der Waals surface area (Å²) in [6.07, 6.45) is 1.10. The van der Waals surface area contributed by atoms with E-state index in [0.717, 1.165) is 16.3 Å². The molecule has 0 fully saturated rings. The van der Waals surface area contributed by atoms with Gasteiger partial charge in [-0.15, -0.1) is 0 Å². The minimum absolute atomic E-state index is 0.0493. The Morgan fingerprint density at radius 1 is 0.969 bits per heavy atom.